The van der Waals surface area contributed by atoms with Crippen LogP contribution >= 0.6 is 0 Å². The van der Waals surface area contributed by atoms with Crippen LogP contribution < -0.4 is 9.47 Å². The topological polar surface area (TPSA) is 27.7 Å². The van der Waals surface area contributed by atoms with E-state index in [-0.39, 0.29) is 5.04 Å². The second-order valence-corrected chi connectivity index (χ2v) is 11.0. The summed E-state index contributed by atoms with van der Waals surface area (Å²) < 4.78 is 16.7. The van der Waals surface area contributed by atoms with Gasteiger partial charge in [0.05, 0.1) is 20.8 Å². The van der Waals surface area contributed by atoms with Gasteiger partial charge in [0, 0.05) is 0 Å². The van der Waals surface area contributed by atoms with E-state index in [1.807, 2.05) is 18.2 Å². The smallest absolute Gasteiger partial charge is 0.192 e. The molecule has 19 heavy (non-hydrogen) atoms. The van der Waals surface area contributed by atoms with Crippen LogP contribution in [0.1, 0.15) is 26.3 Å². The van der Waals surface area contributed by atoms with E-state index < -0.39 is 8.32 Å². The van der Waals surface area contributed by atoms with Crippen molar-refractivity contribution in [2.24, 2.45) is 0 Å². The molecule has 0 saturated heterocycles. The van der Waals surface area contributed by atoms with E-state index in [9.17, 15) is 0 Å². The average molecular weight is 282 g/mol. The first kappa shape index (κ1) is 16.1. The fraction of sp³-hybridized carbons (Fsp3) is 0.600. The summed E-state index contributed by atoms with van der Waals surface area (Å²) in [6.07, 6.45) is 0. The summed E-state index contributed by atoms with van der Waals surface area (Å²) in [5.41, 5.74) is 1.11. The lowest BCUT2D eigenvalue weighted by Gasteiger charge is -2.36. The lowest BCUT2D eigenvalue weighted by atomic mass is 10.2. The van der Waals surface area contributed by atoms with E-state index in [0.29, 0.717) is 6.61 Å². The molecule has 0 atom stereocenters. The maximum absolute atomic E-state index is 6.20. The second-order valence-electron chi connectivity index (χ2n) is 6.24. The summed E-state index contributed by atoms with van der Waals surface area (Å²) in [5, 5.41) is 0.226. The van der Waals surface area contributed by atoms with Gasteiger partial charge in [-0.05, 0) is 35.8 Å². The molecule has 0 N–H and O–H groups in total. The van der Waals surface area contributed by atoms with Gasteiger partial charge in [-0.25, -0.2) is 0 Å². The predicted octanol–water partition coefficient (Wildman–Crippen LogP) is 4.23. The standard InChI is InChI=1S/C15H26O3Si/c1-15(2,3)19(6,7)18-11-12-8-9-13(16-4)14(10-12)17-5/h8-10H,11H2,1-7H3. The highest BCUT2D eigenvalue weighted by molar-refractivity contribution is 6.74. The first-order chi connectivity index (χ1) is 8.71. The van der Waals surface area contributed by atoms with Crippen LogP contribution in [0, 0.1) is 0 Å². The molecule has 1 rings (SSSR count). The van der Waals surface area contributed by atoms with Gasteiger partial charge in [-0.1, -0.05) is 26.8 Å². The summed E-state index contributed by atoms with van der Waals surface area (Å²) >= 11 is 0. The third-order valence-corrected chi connectivity index (χ3v) is 8.33. The number of hydrogen-bond donors (Lipinski definition) is 0. The van der Waals surface area contributed by atoms with Crippen molar-refractivity contribution >= 4 is 8.32 Å². The van der Waals surface area contributed by atoms with Gasteiger partial charge in [-0.2, -0.15) is 0 Å². The van der Waals surface area contributed by atoms with Gasteiger partial charge in [0.15, 0.2) is 19.8 Å². The van der Waals surface area contributed by atoms with E-state index in [1.165, 1.54) is 0 Å². The van der Waals surface area contributed by atoms with Crippen LogP contribution in [0.15, 0.2) is 18.2 Å². The Balaban J connectivity index is 2.79. The molecule has 0 aliphatic heterocycles. The Morgan fingerprint density at radius 3 is 2.05 bits per heavy atom. The van der Waals surface area contributed by atoms with Crippen LogP contribution in [0.3, 0.4) is 0 Å². The monoisotopic (exact) mass is 282 g/mol. The third-order valence-electron chi connectivity index (χ3n) is 3.85. The van der Waals surface area contributed by atoms with Gasteiger partial charge < -0.3 is 13.9 Å². The largest absolute Gasteiger partial charge is 0.493 e. The molecule has 0 heterocycles. The Hall–Kier alpha value is -1.00. The molecule has 0 saturated carbocycles. The Bertz CT molecular complexity index is 422. The Morgan fingerprint density at radius 1 is 1.00 bits per heavy atom. The van der Waals surface area contributed by atoms with Crippen molar-refractivity contribution in [3.63, 3.8) is 0 Å². The van der Waals surface area contributed by atoms with Gasteiger partial charge >= 0.3 is 0 Å². The maximum Gasteiger partial charge on any atom is 0.192 e. The molecule has 0 aliphatic rings. The highest BCUT2D eigenvalue weighted by Gasteiger charge is 2.37. The molecule has 4 heteroatoms. The molecule has 0 bridgehead atoms. The number of hydrogen-bond acceptors (Lipinski definition) is 3. The van der Waals surface area contributed by atoms with Crippen molar-refractivity contribution < 1.29 is 13.9 Å². The summed E-state index contributed by atoms with van der Waals surface area (Å²) in [6, 6.07) is 5.92. The Kier molecular flexibility index (Phi) is 5.04. The molecule has 0 unspecified atom stereocenters. The number of methoxy groups -OCH3 is 2. The molecule has 0 aromatic heterocycles. The first-order valence-corrected chi connectivity index (χ1v) is 9.47. The van der Waals surface area contributed by atoms with E-state index >= 15 is 0 Å². The number of ether oxygens (including phenoxy) is 2. The molecular weight excluding hydrogens is 256 g/mol. The van der Waals surface area contributed by atoms with Crippen LogP contribution in [-0.4, -0.2) is 22.5 Å². The van der Waals surface area contributed by atoms with Crippen molar-refractivity contribution in [2.45, 2.75) is 45.5 Å². The fourth-order valence-electron chi connectivity index (χ4n) is 1.45. The van der Waals surface area contributed by atoms with Gasteiger partial charge in [0.1, 0.15) is 0 Å². The van der Waals surface area contributed by atoms with Crippen molar-refractivity contribution in [2.75, 3.05) is 14.2 Å². The Morgan fingerprint density at radius 2 is 1.58 bits per heavy atom. The number of benzene rings is 1. The molecule has 0 fully saturated rings. The highest BCUT2D eigenvalue weighted by atomic mass is 28.4. The van der Waals surface area contributed by atoms with Gasteiger partial charge in [-0.3, -0.25) is 0 Å². The summed E-state index contributed by atoms with van der Waals surface area (Å²) in [6.45, 7) is 11.9. The summed E-state index contributed by atoms with van der Waals surface area (Å²) in [7, 11) is 1.58. The maximum atomic E-state index is 6.20. The van der Waals surface area contributed by atoms with Gasteiger partial charge in [0.2, 0.25) is 0 Å². The van der Waals surface area contributed by atoms with E-state index in [1.54, 1.807) is 14.2 Å². The van der Waals surface area contributed by atoms with E-state index in [0.717, 1.165) is 17.1 Å². The van der Waals surface area contributed by atoms with Crippen LogP contribution in [0.4, 0.5) is 0 Å². The highest BCUT2D eigenvalue weighted by Crippen LogP contribution is 2.37. The molecule has 0 aliphatic carbocycles. The lowest BCUT2D eigenvalue weighted by molar-refractivity contribution is 0.275. The SMILES string of the molecule is COc1ccc(CO[Si](C)(C)C(C)(C)C)cc1OC. The minimum atomic E-state index is -1.71. The summed E-state index contributed by atoms with van der Waals surface area (Å²) in [4.78, 5) is 0. The average Bonchev–Trinajstić information content (AvgIpc) is 2.34. The predicted molar refractivity (Wildman–Crippen MR) is 81.5 cm³/mol. The second kappa shape index (κ2) is 5.97. The molecule has 0 amide bonds. The normalized spacial score (nSPS) is 12.4. The third kappa shape index (κ3) is 3.98. The van der Waals surface area contributed by atoms with E-state index in [2.05, 4.69) is 33.9 Å². The Labute approximate surface area is 118 Å². The van der Waals surface area contributed by atoms with E-state index in [4.69, 9.17) is 13.9 Å². The molecular formula is C15H26O3Si. The number of rotatable bonds is 5. The molecule has 108 valence electrons. The van der Waals surface area contributed by atoms with Crippen molar-refractivity contribution in [3.8, 4) is 11.5 Å². The molecule has 3 nitrogen and oxygen atoms in total. The van der Waals surface area contributed by atoms with Crippen LogP contribution in [-0.2, 0) is 11.0 Å². The molecule has 0 spiro atoms. The zero-order chi connectivity index (χ0) is 14.7. The minimum absolute atomic E-state index is 0.226. The van der Waals surface area contributed by atoms with Crippen molar-refractivity contribution in [3.05, 3.63) is 23.8 Å². The molecule has 0 radical (unpaired) electrons. The zero-order valence-electron chi connectivity index (χ0n) is 13.2. The van der Waals surface area contributed by atoms with Gasteiger partial charge in [0.25, 0.3) is 0 Å². The molecule has 1 aromatic carbocycles. The molecule has 1 aromatic rings. The fourth-order valence-corrected chi connectivity index (χ4v) is 2.41. The van der Waals surface area contributed by atoms with Crippen molar-refractivity contribution in [1.82, 2.24) is 0 Å². The van der Waals surface area contributed by atoms with Crippen LogP contribution in [0.25, 0.3) is 0 Å². The van der Waals surface area contributed by atoms with Crippen LogP contribution in [0.2, 0.25) is 18.1 Å². The van der Waals surface area contributed by atoms with Gasteiger partial charge in [-0.15, -0.1) is 0 Å². The minimum Gasteiger partial charge on any atom is -0.493 e. The first-order valence-electron chi connectivity index (χ1n) is 6.56. The zero-order valence-corrected chi connectivity index (χ0v) is 14.2. The summed E-state index contributed by atoms with van der Waals surface area (Å²) in [5.74, 6) is 1.50. The van der Waals surface area contributed by atoms with Crippen LogP contribution in [0.5, 0.6) is 11.5 Å². The van der Waals surface area contributed by atoms with Crippen molar-refractivity contribution in [1.29, 1.82) is 0 Å². The quantitative estimate of drug-likeness (QED) is 0.757. The lowest BCUT2D eigenvalue weighted by Crippen LogP contribution is -2.40.